The Morgan fingerprint density at radius 1 is 1.41 bits per heavy atom. The second kappa shape index (κ2) is 6.76. The summed E-state index contributed by atoms with van der Waals surface area (Å²) in [5, 5.41) is 1.14. The van der Waals surface area contributed by atoms with E-state index in [9.17, 15) is 4.79 Å². The minimum absolute atomic E-state index is 0.0817. The summed E-state index contributed by atoms with van der Waals surface area (Å²) in [6, 6.07) is 6.21. The lowest BCUT2D eigenvalue weighted by molar-refractivity contribution is 0.0520. The molecule has 0 saturated carbocycles. The molecule has 2 atom stereocenters. The number of thiophene rings is 1. The van der Waals surface area contributed by atoms with Crippen LogP contribution in [-0.2, 0) is 4.74 Å². The molecule has 3 heteroatoms. The minimum Gasteiger partial charge on any atom is -0.381 e. The van der Waals surface area contributed by atoms with Crippen LogP contribution < -0.4 is 0 Å². The number of carbonyl (C=O) groups is 1. The van der Waals surface area contributed by atoms with Gasteiger partial charge in [0.25, 0.3) is 0 Å². The van der Waals surface area contributed by atoms with E-state index in [1.54, 1.807) is 18.4 Å². The zero-order valence-corrected chi connectivity index (χ0v) is 14.8. The van der Waals surface area contributed by atoms with E-state index in [0.717, 1.165) is 27.8 Å². The molecule has 0 amide bonds. The lowest BCUT2D eigenvalue weighted by Gasteiger charge is -2.20. The van der Waals surface area contributed by atoms with Gasteiger partial charge in [0.05, 0.1) is 11.0 Å². The maximum absolute atomic E-state index is 13.1. The number of aryl methyl sites for hydroxylation is 1. The Morgan fingerprint density at radius 3 is 2.64 bits per heavy atom. The number of hydrogen-bond acceptors (Lipinski definition) is 3. The summed E-state index contributed by atoms with van der Waals surface area (Å²) in [7, 11) is 1.66. The number of carbonyl (C=O) groups excluding carboxylic acids is 1. The van der Waals surface area contributed by atoms with Gasteiger partial charge in [-0.05, 0) is 38.3 Å². The number of ketones is 1. The maximum atomic E-state index is 13.1. The number of ether oxygens (including phenoxy) is 1. The van der Waals surface area contributed by atoms with Gasteiger partial charge < -0.3 is 4.74 Å². The van der Waals surface area contributed by atoms with Gasteiger partial charge in [-0.25, -0.2) is 0 Å². The lowest BCUT2D eigenvalue weighted by atomic mass is 9.91. The molecule has 0 bridgehead atoms. The molecule has 0 saturated heterocycles. The molecule has 22 heavy (non-hydrogen) atoms. The second-order valence-electron chi connectivity index (χ2n) is 5.86. The van der Waals surface area contributed by atoms with Crippen molar-refractivity contribution in [3.63, 3.8) is 0 Å². The average Bonchev–Trinajstić information content (AvgIpc) is 2.88. The van der Waals surface area contributed by atoms with Crippen molar-refractivity contribution < 1.29 is 9.53 Å². The molecular weight excluding hydrogens is 292 g/mol. The van der Waals surface area contributed by atoms with Gasteiger partial charge in [-0.2, -0.15) is 0 Å². The molecule has 0 spiro atoms. The van der Waals surface area contributed by atoms with Gasteiger partial charge in [0.2, 0.25) is 0 Å². The Labute approximate surface area is 136 Å². The lowest BCUT2D eigenvalue weighted by Crippen LogP contribution is -2.27. The van der Waals surface area contributed by atoms with Crippen LogP contribution in [0.5, 0.6) is 0 Å². The third-order valence-corrected chi connectivity index (χ3v) is 5.63. The number of allylic oxidation sites excluding steroid dienone is 1. The number of benzene rings is 1. The molecule has 0 N–H and O–H groups in total. The van der Waals surface area contributed by atoms with Crippen LogP contribution in [0.4, 0.5) is 0 Å². The number of fused-ring (bicyclic) bond motifs is 1. The maximum Gasteiger partial charge on any atom is 0.179 e. The van der Waals surface area contributed by atoms with Gasteiger partial charge in [-0.1, -0.05) is 31.7 Å². The first kappa shape index (κ1) is 16.9. The van der Waals surface area contributed by atoms with E-state index in [4.69, 9.17) is 4.74 Å². The van der Waals surface area contributed by atoms with Gasteiger partial charge in [-0.3, -0.25) is 4.79 Å². The molecule has 0 fully saturated rings. The highest BCUT2D eigenvalue weighted by Crippen LogP contribution is 2.39. The van der Waals surface area contributed by atoms with E-state index in [1.165, 1.54) is 10.3 Å². The van der Waals surface area contributed by atoms with Crippen molar-refractivity contribution in [2.75, 3.05) is 7.11 Å². The fraction of sp³-hybridized carbons (Fsp3) is 0.421. The first-order valence-corrected chi connectivity index (χ1v) is 8.49. The van der Waals surface area contributed by atoms with Crippen molar-refractivity contribution in [1.82, 2.24) is 0 Å². The molecule has 2 rings (SSSR count). The van der Waals surface area contributed by atoms with Crippen LogP contribution in [0.2, 0.25) is 0 Å². The highest BCUT2D eigenvalue weighted by molar-refractivity contribution is 7.21. The standard InChI is InChI=1S/C19H24O2S/c1-7-14(13(5)21-6)17(20)19-16(11(2)3)15-10-8-9-12(4)18(15)22-19/h8-10,13-14H,2,7H2,1,3-6H3. The van der Waals surface area contributed by atoms with E-state index in [1.807, 2.05) is 26.8 Å². The van der Waals surface area contributed by atoms with Crippen LogP contribution in [0.3, 0.4) is 0 Å². The quantitative estimate of drug-likeness (QED) is 0.659. The van der Waals surface area contributed by atoms with Gasteiger partial charge in [0.1, 0.15) is 0 Å². The number of Topliss-reactive ketones (excluding diaryl/α,β-unsaturated/α-hetero) is 1. The number of hydrogen-bond donors (Lipinski definition) is 0. The first-order chi connectivity index (χ1) is 10.4. The van der Waals surface area contributed by atoms with Gasteiger partial charge >= 0.3 is 0 Å². The second-order valence-corrected chi connectivity index (χ2v) is 6.88. The Balaban J connectivity index is 2.64. The van der Waals surface area contributed by atoms with Crippen molar-refractivity contribution in [1.29, 1.82) is 0 Å². The molecule has 0 aliphatic heterocycles. The molecule has 1 heterocycles. The summed E-state index contributed by atoms with van der Waals surface area (Å²) in [6.45, 7) is 12.2. The molecule has 2 aromatic rings. The van der Waals surface area contributed by atoms with E-state index in [2.05, 4.69) is 25.6 Å². The highest BCUT2D eigenvalue weighted by atomic mass is 32.1. The predicted octanol–water partition coefficient (Wildman–Crippen LogP) is 5.49. The van der Waals surface area contributed by atoms with Gasteiger partial charge in [0, 0.05) is 28.7 Å². The molecule has 0 aliphatic carbocycles. The van der Waals surface area contributed by atoms with Crippen molar-refractivity contribution >= 4 is 32.8 Å². The van der Waals surface area contributed by atoms with Crippen LogP contribution in [0.25, 0.3) is 15.7 Å². The molecular formula is C19H24O2S. The SMILES string of the molecule is C=C(C)c1c(C(=O)C(CC)C(C)OC)sc2c(C)cccc12. The van der Waals surface area contributed by atoms with Crippen LogP contribution in [0.1, 0.15) is 48.0 Å². The van der Waals surface area contributed by atoms with Crippen LogP contribution >= 0.6 is 11.3 Å². The smallest absolute Gasteiger partial charge is 0.179 e. The molecule has 0 radical (unpaired) electrons. The topological polar surface area (TPSA) is 26.3 Å². The van der Waals surface area contributed by atoms with E-state index >= 15 is 0 Å². The first-order valence-electron chi connectivity index (χ1n) is 7.67. The Kier molecular flexibility index (Phi) is 5.20. The van der Waals surface area contributed by atoms with Crippen LogP contribution in [0, 0.1) is 12.8 Å². The van der Waals surface area contributed by atoms with E-state index in [0.29, 0.717) is 0 Å². The largest absolute Gasteiger partial charge is 0.381 e. The summed E-state index contributed by atoms with van der Waals surface area (Å²) in [6.07, 6.45) is 0.693. The summed E-state index contributed by atoms with van der Waals surface area (Å²) in [5.74, 6) is 0.0620. The molecule has 2 unspecified atom stereocenters. The minimum atomic E-state index is -0.114. The van der Waals surface area contributed by atoms with Gasteiger partial charge in [0.15, 0.2) is 5.78 Å². The van der Waals surface area contributed by atoms with Crippen molar-refractivity contribution in [2.24, 2.45) is 5.92 Å². The Morgan fingerprint density at radius 2 is 2.09 bits per heavy atom. The summed E-state index contributed by atoms with van der Waals surface area (Å²) >= 11 is 1.59. The third-order valence-electron chi connectivity index (χ3n) is 4.28. The average molecular weight is 316 g/mol. The zero-order chi connectivity index (χ0) is 16.4. The van der Waals surface area contributed by atoms with Crippen LogP contribution in [0.15, 0.2) is 24.8 Å². The summed E-state index contributed by atoms with van der Waals surface area (Å²) in [5.41, 5.74) is 3.16. The Bertz CT molecular complexity index is 712. The van der Waals surface area contributed by atoms with Crippen molar-refractivity contribution in [3.05, 3.63) is 40.8 Å². The van der Waals surface area contributed by atoms with Crippen molar-refractivity contribution in [3.8, 4) is 0 Å². The third kappa shape index (κ3) is 2.88. The molecule has 2 nitrogen and oxygen atoms in total. The summed E-state index contributed by atoms with van der Waals surface area (Å²) in [4.78, 5) is 13.9. The predicted molar refractivity (Wildman–Crippen MR) is 95.9 cm³/mol. The molecule has 118 valence electrons. The fourth-order valence-electron chi connectivity index (χ4n) is 2.92. The fourth-order valence-corrected chi connectivity index (χ4v) is 4.27. The van der Waals surface area contributed by atoms with E-state index < -0.39 is 0 Å². The van der Waals surface area contributed by atoms with Crippen molar-refractivity contribution in [2.45, 2.75) is 40.2 Å². The summed E-state index contributed by atoms with van der Waals surface area (Å²) < 4.78 is 6.59. The zero-order valence-electron chi connectivity index (χ0n) is 14.0. The van der Waals surface area contributed by atoms with Crippen LogP contribution in [-0.4, -0.2) is 19.0 Å². The highest BCUT2D eigenvalue weighted by Gasteiger charge is 2.29. The molecule has 1 aromatic heterocycles. The van der Waals surface area contributed by atoms with Gasteiger partial charge in [-0.15, -0.1) is 11.3 Å². The monoisotopic (exact) mass is 316 g/mol. The molecule has 1 aromatic carbocycles. The number of rotatable bonds is 6. The normalized spacial score (nSPS) is 14.0. The number of methoxy groups -OCH3 is 1. The van der Waals surface area contributed by atoms with E-state index in [-0.39, 0.29) is 17.8 Å². The Hall–Kier alpha value is -1.45. The molecule has 0 aliphatic rings.